The van der Waals surface area contributed by atoms with Gasteiger partial charge in [-0.1, -0.05) is 43.2 Å². The summed E-state index contributed by atoms with van der Waals surface area (Å²) in [4.78, 5) is 39.3. The molecule has 41 heavy (non-hydrogen) atoms. The fraction of sp³-hybridized carbons (Fsp3) is 0.400. The van der Waals surface area contributed by atoms with Crippen LogP contribution in [0.4, 0.5) is 15.8 Å². The number of carbonyl (C=O) groups excluding carboxylic acids is 2. The summed E-state index contributed by atoms with van der Waals surface area (Å²) < 4.78 is 19.8. The first-order valence-corrected chi connectivity index (χ1v) is 13.8. The van der Waals surface area contributed by atoms with Gasteiger partial charge in [0.15, 0.2) is 11.6 Å². The van der Waals surface area contributed by atoms with Crippen LogP contribution < -0.4 is 4.90 Å². The summed E-state index contributed by atoms with van der Waals surface area (Å²) in [5.41, 5.74) is 3.51. The van der Waals surface area contributed by atoms with Crippen molar-refractivity contribution in [3.63, 3.8) is 0 Å². The van der Waals surface area contributed by atoms with E-state index >= 15 is 0 Å². The third-order valence-electron chi connectivity index (χ3n) is 8.43. The minimum absolute atomic E-state index is 0.0705. The predicted molar refractivity (Wildman–Crippen MR) is 151 cm³/mol. The second kappa shape index (κ2) is 11.2. The van der Waals surface area contributed by atoms with Crippen LogP contribution in [0.3, 0.4) is 0 Å². The number of aromatic hydroxyl groups is 1. The molecule has 2 saturated heterocycles. The number of non-ortho nitro benzene ring substituents is 1. The van der Waals surface area contributed by atoms with E-state index in [4.69, 9.17) is 4.65 Å². The maximum Gasteiger partial charge on any atom is 0.455 e. The molecular formula is C30H32BFN2O7. The van der Waals surface area contributed by atoms with E-state index in [0.29, 0.717) is 24.8 Å². The Morgan fingerprint density at radius 3 is 2.66 bits per heavy atom. The minimum Gasteiger partial charge on any atom is -0.505 e. The van der Waals surface area contributed by atoms with Gasteiger partial charge in [0, 0.05) is 12.1 Å². The smallest absolute Gasteiger partial charge is 0.455 e. The summed E-state index contributed by atoms with van der Waals surface area (Å²) in [7, 11) is -1.12. The lowest BCUT2D eigenvalue weighted by Gasteiger charge is -2.44. The van der Waals surface area contributed by atoms with Crippen LogP contribution in [0.5, 0.6) is 5.75 Å². The molecule has 5 rings (SSSR count). The molecule has 4 atom stereocenters. The van der Waals surface area contributed by atoms with Crippen LogP contribution in [0.15, 0.2) is 59.2 Å². The Hall–Kier alpha value is -3.83. The Morgan fingerprint density at radius 1 is 1.22 bits per heavy atom. The highest BCUT2D eigenvalue weighted by Crippen LogP contribution is 2.52. The molecule has 2 aliphatic heterocycles. The van der Waals surface area contributed by atoms with Gasteiger partial charge in [-0.2, -0.15) is 0 Å². The summed E-state index contributed by atoms with van der Waals surface area (Å²) in [5.74, 6) is -3.56. The predicted octanol–water partition coefficient (Wildman–Crippen LogP) is 5.28. The fourth-order valence-electron chi connectivity index (χ4n) is 6.58. The van der Waals surface area contributed by atoms with Gasteiger partial charge in [-0.05, 0) is 73.7 Å². The standard InChI is InChI=1S/C30H32BFN2O7/c1-16(2)21-14-22-28(30(37)33(29(22)36)19-5-4-6-20(13-19)34(39)40)23-15-31(38)41-26(27(21)23)10-7-17(3)11-18-8-9-25(35)24(32)12-18/h4-6,8-9,11-13,16,22-23,26,28,35,38H,7,10,14-15H2,1-3H3/b17-11+/t22-,23+,26-,28-/m1/s1. The number of fused-ring (bicyclic) bond motifs is 3. The van der Waals surface area contributed by atoms with Crippen LogP contribution in [0.25, 0.3) is 6.08 Å². The quantitative estimate of drug-likeness (QED) is 0.154. The first-order chi connectivity index (χ1) is 19.5. The summed E-state index contributed by atoms with van der Waals surface area (Å²) in [6.45, 7) is 5.98. The third kappa shape index (κ3) is 5.43. The van der Waals surface area contributed by atoms with Gasteiger partial charge < -0.3 is 14.8 Å². The number of halogens is 1. The zero-order valence-electron chi connectivity index (χ0n) is 23.1. The number of imide groups is 1. The topological polar surface area (TPSA) is 130 Å². The molecule has 0 bridgehead atoms. The molecule has 0 spiro atoms. The maximum atomic E-state index is 13.8. The molecule has 2 aromatic rings. The van der Waals surface area contributed by atoms with Crippen molar-refractivity contribution < 1.29 is 33.7 Å². The van der Waals surface area contributed by atoms with E-state index in [1.165, 1.54) is 36.4 Å². The average Bonchev–Trinajstić information content (AvgIpc) is 3.18. The monoisotopic (exact) mass is 562 g/mol. The summed E-state index contributed by atoms with van der Waals surface area (Å²) >= 11 is 0. The van der Waals surface area contributed by atoms with E-state index in [9.17, 15) is 34.2 Å². The Labute approximate surface area is 237 Å². The number of phenolic OH excluding ortho intramolecular Hbond substituents is 1. The van der Waals surface area contributed by atoms with Gasteiger partial charge in [-0.25, -0.2) is 9.29 Å². The Bertz CT molecular complexity index is 1470. The van der Waals surface area contributed by atoms with Gasteiger partial charge in [0.05, 0.1) is 28.6 Å². The van der Waals surface area contributed by atoms with Crippen molar-refractivity contribution in [1.29, 1.82) is 0 Å². The molecule has 2 N–H and O–H groups in total. The molecule has 0 saturated carbocycles. The summed E-state index contributed by atoms with van der Waals surface area (Å²) in [5, 5.41) is 31.5. The summed E-state index contributed by atoms with van der Waals surface area (Å²) in [6, 6.07) is 9.70. The van der Waals surface area contributed by atoms with E-state index in [0.717, 1.165) is 21.6 Å². The van der Waals surface area contributed by atoms with Crippen molar-refractivity contribution in [3.8, 4) is 5.75 Å². The van der Waals surface area contributed by atoms with Gasteiger partial charge in [-0.3, -0.25) is 19.7 Å². The number of phenols is 1. The highest BCUT2D eigenvalue weighted by molar-refractivity contribution is 6.43. The Kier molecular flexibility index (Phi) is 7.85. The van der Waals surface area contributed by atoms with E-state index in [1.807, 2.05) is 26.8 Å². The number of allylic oxidation sites excluding steroid dienone is 2. The Balaban J connectivity index is 1.44. The zero-order valence-corrected chi connectivity index (χ0v) is 23.1. The average molecular weight is 562 g/mol. The number of nitro groups is 1. The van der Waals surface area contributed by atoms with Crippen molar-refractivity contribution >= 4 is 36.4 Å². The van der Waals surface area contributed by atoms with Crippen LogP contribution in [0.2, 0.25) is 6.32 Å². The molecule has 11 heteroatoms. The fourth-order valence-corrected chi connectivity index (χ4v) is 6.58. The molecular weight excluding hydrogens is 530 g/mol. The van der Waals surface area contributed by atoms with Crippen molar-refractivity contribution in [2.45, 2.75) is 52.5 Å². The van der Waals surface area contributed by atoms with E-state index in [-0.39, 0.29) is 29.5 Å². The number of carbonyl (C=O) groups is 2. The highest BCUT2D eigenvalue weighted by atomic mass is 19.1. The lowest BCUT2D eigenvalue weighted by molar-refractivity contribution is -0.384. The normalized spacial score (nSPS) is 24.7. The number of nitrogens with zero attached hydrogens (tertiary/aromatic N) is 2. The first kappa shape index (κ1) is 28.7. The van der Waals surface area contributed by atoms with Gasteiger partial charge >= 0.3 is 7.12 Å². The van der Waals surface area contributed by atoms with E-state index in [1.54, 1.807) is 6.07 Å². The molecule has 0 aromatic heterocycles. The molecule has 0 radical (unpaired) electrons. The van der Waals surface area contributed by atoms with Gasteiger partial charge in [0.2, 0.25) is 11.8 Å². The van der Waals surface area contributed by atoms with Crippen molar-refractivity contribution in [2.75, 3.05) is 4.90 Å². The molecule has 1 aliphatic carbocycles. The number of anilines is 1. The molecule has 3 aliphatic rings. The lowest BCUT2D eigenvalue weighted by atomic mass is 9.57. The number of benzene rings is 2. The van der Waals surface area contributed by atoms with Crippen LogP contribution in [0, 0.1) is 39.6 Å². The van der Waals surface area contributed by atoms with Gasteiger partial charge in [0.25, 0.3) is 5.69 Å². The van der Waals surface area contributed by atoms with Crippen LogP contribution in [-0.2, 0) is 14.2 Å². The third-order valence-corrected chi connectivity index (χ3v) is 8.43. The molecule has 214 valence electrons. The number of rotatable bonds is 7. The zero-order chi connectivity index (χ0) is 29.6. The second-order valence-electron chi connectivity index (χ2n) is 11.4. The number of amides is 2. The SMILES string of the molecule is C/C(=C\c1ccc(O)c(F)c1)CC[C@H]1OB(O)C[C@H]2C1=C(C(C)C)C[C@H]1C(=O)N(c3cccc([N+](=O)[O-])c3)C(=O)[C@H]12. The van der Waals surface area contributed by atoms with E-state index < -0.39 is 53.4 Å². The molecule has 2 fully saturated rings. The number of hydrogen-bond donors (Lipinski definition) is 2. The molecule has 2 aromatic carbocycles. The minimum atomic E-state index is -1.12. The lowest BCUT2D eigenvalue weighted by Crippen LogP contribution is -2.46. The van der Waals surface area contributed by atoms with Crippen molar-refractivity contribution in [1.82, 2.24) is 0 Å². The highest BCUT2D eigenvalue weighted by Gasteiger charge is 2.57. The molecule has 2 amide bonds. The van der Waals surface area contributed by atoms with Crippen LogP contribution >= 0.6 is 0 Å². The largest absolute Gasteiger partial charge is 0.505 e. The summed E-state index contributed by atoms with van der Waals surface area (Å²) in [6.07, 6.45) is 2.98. The van der Waals surface area contributed by atoms with Crippen LogP contribution in [0.1, 0.15) is 45.6 Å². The maximum absolute atomic E-state index is 13.8. The van der Waals surface area contributed by atoms with Gasteiger partial charge in [-0.15, -0.1) is 0 Å². The van der Waals surface area contributed by atoms with Gasteiger partial charge in [0.1, 0.15) is 0 Å². The van der Waals surface area contributed by atoms with Crippen LogP contribution in [-0.4, -0.2) is 40.1 Å². The molecule has 9 nitrogen and oxygen atoms in total. The number of hydrogen-bond acceptors (Lipinski definition) is 7. The second-order valence-corrected chi connectivity index (χ2v) is 11.4. The first-order valence-electron chi connectivity index (χ1n) is 13.8. The molecule has 0 unspecified atom stereocenters. The van der Waals surface area contributed by atoms with Crippen molar-refractivity contribution in [2.24, 2.45) is 23.7 Å². The van der Waals surface area contributed by atoms with E-state index in [2.05, 4.69) is 0 Å². The Morgan fingerprint density at radius 2 is 1.98 bits per heavy atom. The molecule has 2 heterocycles. The number of nitro benzene ring substituents is 1. The van der Waals surface area contributed by atoms with Crippen molar-refractivity contribution in [3.05, 3.63) is 80.7 Å².